The summed E-state index contributed by atoms with van der Waals surface area (Å²) in [7, 11) is 0. The summed E-state index contributed by atoms with van der Waals surface area (Å²) >= 11 is 0. The summed E-state index contributed by atoms with van der Waals surface area (Å²) in [4.78, 5) is 23.7. The van der Waals surface area contributed by atoms with E-state index < -0.39 is 16.4 Å². The molecule has 1 aromatic rings. The van der Waals surface area contributed by atoms with Gasteiger partial charge in [-0.05, 0) is 18.8 Å². The lowest BCUT2D eigenvalue weighted by Gasteiger charge is -2.21. The summed E-state index contributed by atoms with van der Waals surface area (Å²) in [5.41, 5.74) is -0.339. The van der Waals surface area contributed by atoms with Gasteiger partial charge >= 0.3 is 5.69 Å². The van der Waals surface area contributed by atoms with Crippen LogP contribution in [0.3, 0.4) is 0 Å². The second-order valence-corrected chi connectivity index (χ2v) is 5.42. The molecule has 1 unspecified atom stereocenters. The van der Waals surface area contributed by atoms with Gasteiger partial charge in [-0.15, -0.1) is 0 Å². The van der Waals surface area contributed by atoms with Gasteiger partial charge in [0.05, 0.1) is 4.92 Å². The molecule has 1 amide bonds. The first kappa shape index (κ1) is 15.4. The van der Waals surface area contributed by atoms with E-state index in [4.69, 9.17) is 0 Å². The highest BCUT2D eigenvalue weighted by Crippen LogP contribution is 2.25. The lowest BCUT2D eigenvalue weighted by molar-refractivity contribution is -0.387. The number of likely N-dealkylation sites (tertiary alicyclic amines) is 1. The number of rotatable bonds is 4. The third-order valence-electron chi connectivity index (χ3n) is 4.12. The number of hydrogen-bond acceptors (Lipinski definition) is 3. The highest BCUT2D eigenvalue weighted by atomic mass is 19.1. The largest absolute Gasteiger partial charge is 0.338 e. The zero-order valence-corrected chi connectivity index (χ0v) is 12.0. The Labute approximate surface area is 122 Å². The molecule has 5 nitrogen and oxygen atoms in total. The van der Waals surface area contributed by atoms with Crippen molar-refractivity contribution in [1.29, 1.82) is 0 Å². The molecule has 1 aromatic carbocycles. The Balaban J connectivity index is 2.15. The number of benzene rings is 1. The van der Waals surface area contributed by atoms with Crippen molar-refractivity contribution < 1.29 is 14.1 Å². The topological polar surface area (TPSA) is 63.5 Å². The van der Waals surface area contributed by atoms with Crippen molar-refractivity contribution >= 4 is 11.6 Å². The number of hydrogen-bond donors (Lipinski definition) is 0. The second-order valence-electron chi connectivity index (χ2n) is 5.42. The van der Waals surface area contributed by atoms with Crippen LogP contribution in [0.4, 0.5) is 10.1 Å². The third-order valence-corrected chi connectivity index (χ3v) is 4.12. The molecule has 0 saturated carbocycles. The highest BCUT2D eigenvalue weighted by Gasteiger charge is 2.24. The maximum absolute atomic E-state index is 14.1. The van der Waals surface area contributed by atoms with Crippen molar-refractivity contribution in [3.8, 4) is 0 Å². The zero-order chi connectivity index (χ0) is 15.4. The average Bonchev–Trinajstić information content (AvgIpc) is 2.63. The monoisotopic (exact) mass is 294 g/mol. The van der Waals surface area contributed by atoms with Crippen molar-refractivity contribution in [1.82, 2.24) is 4.90 Å². The molecule has 21 heavy (non-hydrogen) atoms. The minimum atomic E-state index is -0.841. The normalized spacial score (nSPS) is 19.4. The first-order valence-electron chi connectivity index (χ1n) is 7.22. The number of amides is 1. The van der Waals surface area contributed by atoms with Crippen molar-refractivity contribution in [3.63, 3.8) is 0 Å². The molecule has 1 fully saturated rings. The fourth-order valence-corrected chi connectivity index (χ4v) is 2.70. The van der Waals surface area contributed by atoms with Crippen LogP contribution in [0.25, 0.3) is 0 Å². The number of nitro benzene ring substituents is 1. The molecule has 6 heteroatoms. The lowest BCUT2D eigenvalue weighted by Crippen LogP contribution is -2.30. The Morgan fingerprint density at radius 3 is 2.86 bits per heavy atom. The maximum Gasteiger partial charge on any atom is 0.305 e. The van der Waals surface area contributed by atoms with Crippen LogP contribution >= 0.6 is 0 Å². The minimum absolute atomic E-state index is 0.00291. The van der Waals surface area contributed by atoms with E-state index in [0.717, 1.165) is 25.3 Å². The van der Waals surface area contributed by atoms with Crippen molar-refractivity contribution in [2.45, 2.75) is 39.2 Å². The maximum atomic E-state index is 14.1. The molecule has 2 rings (SSSR count). The Hall–Kier alpha value is -1.98. The summed E-state index contributed by atoms with van der Waals surface area (Å²) in [6, 6.07) is 4.09. The molecular formula is C15H19FN2O3. The summed E-state index contributed by atoms with van der Waals surface area (Å²) < 4.78 is 14.1. The minimum Gasteiger partial charge on any atom is -0.338 e. The molecule has 114 valence electrons. The number of nitrogens with zero attached hydrogens (tertiary/aromatic N) is 2. The summed E-state index contributed by atoms with van der Waals surface area (Å²) in [6.07, 6.45) is 3.27. The van der Waals surface area contributed by atoms with Crippen LogP contribution in [0.15, 0.2) is 18.2 Å². The van der Waals surface area contributed by atoms with Crippen LogP contribution in [0, 0.1) is 21.8 Å². The third kappa shape index (κ3) is 3.56. The van der Waals surface area contributed by atoms with E-state index >= 15 is 0 Å². The Bertz CT molecular complexity index is 548. The van der Waals surface area contributed by atoms with E-state index in [1.165, 1.54) is 12.1 Å². The van der Waals surface area contributed by atoms with Crippen molar-refractivity contribution in [3.05, 3.63) is 39.7 Å². The van der Waals surface area contributed by atoms with Gasteiger partial charge in [0, 0.05) is 31.1 Å². The van der Waals surface area contributed by atoms with Gasteiger partial charge in [0.2, 0.25) is 11.7 Å². The van der Waals surface area contributed by atoms with Gasteiger partial charge < -0.3 is 4.90 Å². The van der Waals surface area contributed by atoms with Crippen LogP contribution in [-0.2, 0) is 11.3 Å². The van der Waals surface area contributed by atoms with Gasteiger partial charge in [-0.1, -0.05) is 25.5 Å². The van der Waals surface area contributed by atoms with Gasteiger partial charge in [-0.3, -0.25) is 14.9 Å². The predicted molar refractivity (Wildman–Crippen MR) is 76.1 cm³/mol. The van der Waals surface area contributed by atoms with Crippen LogP contribution in [-0.4, -0.2) is 22.3 Å². The molecule has 0 N–H and O–H groups in total. The Morgan fingerprint density at radius 2 is 2.19 bits per heavy atom. The number of carbonyl (C=O) groups excluding carboxylic acids is 1. The molecule has 1 saturated heterocycles. The molecular weight excluding hydrogens is 275 g/mol. The van der Waals surface area contributed by atoms with Gasteiger partial charge in [0.25, 0.3) is 0 Å². The molecule has 0 bridgehead atoms. The molecule has 0 aromatic heterocycles. The quantitative estimate of drug-likeness (QED) is 0.632. The van der Waals surface area contributed by atoms with Gasteiger partial charge in [-0.25, -0.2) is 0 Å². The van der Waals surface area contributed by atoms with E-state index in [0.29, 0.717) is 18.9 Å². The molecule has 1 aliphatic rings. The summed E-state index contributed by atoms with van der Waals surface area (Å²) in [5.74, 6) is -0.322. The van der Waals surface area contributed by atoms with Crippen LogP contribution < -0.4 is 0 Å². The number of halogens is 1. The summed E-state index contributed by atoms with van der Waals surface area (Å²) in [6.45, 7) is 2.78. The standard InChI is InChI=1S/C15H19FN2O3/c1-2-11-6-7-14(19)17(9-8-11)10-12-4-3-5-13(15(12)16)18(20)21/h3-5,11H,2,6-10H2,1H3. The van der Waals surface area contributed by atoms with E-state index in [2.05, 4.69) is 6.92 Å². The number of carbonyl (C=O) groups is 1. The molecule has 0 spiro atoms. The fraction of sp³-hybridized carbons (Fsp3) is 0.533. The van der Waals surface area contributed by atoms with Crippen LogP contribution in [0.1, 0.15) is 38.2 Å². The number of nitro groups is 1. The van der Waals surface area contributed by atoms with Crippen LogP contribution in [0.2, 0.25) is 0 Å². The molecule has 0 radical (unpaired) electrons. The SMILES string of the molecule is CCC1CCC(=O)N(Cc2cccc([N+](=O)[O-])c2F)CC1. The van der Waals surface area contributed by atoms with E-state index in [1.807, 2.05) is 0 Å². The molecule has 1 atom stereocenters. The van der Waals surface area contributed by atoms with E-state index in [-0.39, 0.29) is 18.0 Å². The van der Waals surface area contributed by atoms with E-state index in [1.54, 1.807) is 4.90 Å². The smallest absolute Gasteiger partial charge is 0.305 e. The fourth-order valence-electron chi connectivity index (χ4n) is 2.70. The Morgan fingerprint density at radius 1 is 1.43 bits per heavy atom. The molecule has 1 aliphatic heterocycles. The Kier molecular flexibility index (Phi) is 4.88. The predicted octanol–water partition coefficient (Wildman–Crippen LogP) is 3.27. The average molecular weight is 294 g/mol. The summed E-state index contributed by atoms with van der Waals surface area (Å²) in [5, 5.41) is 10.8. The lowest BCUT2D eigenvalue weighted by atomic mass is 9.98. The zero-order valence-electron chi connectivity index (χ0n) is 12.0. The van der Waals surface area contributed by atoms with Gasteiger partial charge in [-0.2, -0.15) is 4.39 Å². The highest BCUT2D eigenvalue weighted by molar-refractivity contribution is 5.76. The molecule has 0 aliphatic carbocycles. The van der Waals surface area contributed by atoms with Crippen molar-refractivity contribution in [2.75, 3.05) is 6.54 Å². The first-order valence-corrected chi connectivity index (χ1v) is 7.22. The van der Waals surface area contributed by atoms with E-state index in [9.17, 15) is 19.3 Å². The van der Waals surface area contributed by atoms with Crippen molar-refractivity contribution in [2.24, 2.45) is 5.92 Å². The van der Waals surface area contributed by atoms with Gasteiger partial charge in [0.1, 0.15) is 0 Å². The first-order chi connectivity index (χ1) is 10.0. The second kappa shape index (κ2) is 6.65. The molecule has 1 heterocycles. The van der Waals surface area contributed by atoms with Crippen LogP contribution in [0.5, 0.6) is 0 Å². The van der Waals surface area contributed by atoms with Gasteiger partial charge in [0.15, 0.2) is 0 Å².